The Morgan fingerprint density at radius 2 is 2.03 bits per heavy atom. The van der Waals surface area contributed by atoms with Gasteiger partial charge in [0.05, 0.1) is 29.7 Å². The van der Waals surface area contributed by atoms with Gasteiger partial charge in [-0.25, -0.2) is 4.79 Å². The number of carbonyl (C=O) groups is 1. The molecule has 0 bridgehead atoms. The van der Waals surface area contributed by atoms with Gasteiger partial charge < -0.3 is 5.73 Å². The number of amides is 2. The monoisotopic (exact) mass is 525 g/mol. The van der Waals surface area contributed by atoms with Gasteiger partial charge in [-0.15, -0.1) is 0 Å². The van der Waals surface area contributed by atoms with E-state index in [9.17, 15) is 4.79 Å². The number of aryl methyl sites for hydroxylation is 2. The molecule has 2 unspecified atom stereocenters. The standard InChI is InChI=1S/C25H25BrClN5O/c26-18-11-17-6-5-16-12-19(27)7-8-22(16)24(23(17)30-13-18)31-10-2-4-21(15-31)32(25(28)33)20-3-1-9-29-14-20/h1,3,7-9,11-14,21,24H,2,4-6,10,15H2,(H2,28,33). The number of aromatic nitrogens is 2. The molecule has 1 aliphatic carbocycles. The lowest BCUT2D eigenvalue weighted by molar-refractivity contribution is 0.164. The van der Waals surface area contributed by atoms with Crippen LogP contribution in [0.25, 0.3) is 0 Å². The normalized spacial score (nSPS) is 20.4. The summed E-state index contributed by atoms with van der Waals surface area (Å²) in [6.07, 6.45) is 8.93. The van der Waals surface area contributed by atoms with E-state index in [1.807, 2.05) is 24.4 Å². The molecule has 2 aliphatic rings. The number of nitrogens with zero attached hydrogens (tertiary/aromatic N) is 4. The highest BCUT2D eigenvalue weighted by Crippen LogP contribution is 2.39. The van der Waals surface area contributed by atoms with Crippen LogP contribution in [-0.2, 0) is 12.8 Å². The fourth-order valence-corrected chi connectivity index (χ4v) is 5.80. The summed E-state index contributed by atoms with van der Waals surface area (Å²) in [5.74, 6) is 0. The van der Waals surface area contributed by atoms with E-state index >= 15 is 0 Å². The molecule has 33 heavy (non-hydrogen) atoms. The minimum absolute atomic E-state index is 0.00529. The maximum Gasteiger partial charge on any atom is 0.319 e. The lowest BCUT2D eigenvalue weighted by Gasteiger charge is -2.42. The molecule has 2 aromatic heterocycles. The molecule has 0 saturated carbocycles. The molecule has 1 aliphatic heterocycles. The first-order chi connectivity index (χ1) is 16.0. The number of fused-ring (bicyclic) bond motifs is 2. The van der Waals surface area contributed by atoms with E-state index in [4.69, 9.17) is 22.3 Å². The average molecular weight is 527 g/mol. The zero-order valence-electron chi connectivity index (χ0n) is 18.1. The van der Waals surface area contributed by atoms with Crippen molar-refractivity contribution in [3.8, 4) is 0 Å². The van der Waals surface area contributed by atoms with Gasteiger partial charge in [0, 0.05) is 28.4 Å². The number of halogens is 2. The topological polar surface area (TPSA) is 75.4 Å². The number of urea groups is 1. The molecule has 1 fully saturated rings. The number of anilines is 1. The van der Waals surface area contributed by atoms with Crippen molar-refractivity contribution in [2.75, 3.05) is 18.0 Å². The molecule has 0 radical (unpaired) electrons. The summed E-state index contributed by atoms with van der Waals surface area (Å²) in [7, 11) is 0. The van der Waals surface area contributed by atoms with E-state index < -0.39 is 6.03 Å². The lowest BCUT2D eigenvalue weighted by atomic mass is 9.93. The molecule has 1 aromatic carbocycles. The Morgan fingerprint density at radius 3 is 2.82 bits per heavy atom. The Bertz CT molecular complexity index is 1120. The van der Waals surface area contributed by atoms with Crippen LogP contribution in [-0.4, -0.2) is 40.0 Å². The number of pyridine rings is 2. The number of carbonyl (C=O) groups excluding carboxylic acids is 1. The van der Waals surface area contributed by atoms with Crippen LogP contribution in [0.5, 0.6) is 0 Å². The summed E-state index contributed by atoms with van der Waals surface area (Å²) >= 11 is 9.95. The van der Waals surface area contributed by atoms with Gasteiger partial charge in [0.15, 0.2) is 0 Å². The highest BCUT2D eigenvalue weighted by Gasteiger charge is 2.36. The van der Waals surface area contributed by atoms with Crippen LogP contribution in [0.1, 0.15) is 41.3 Å². The van der Waals surface area contributed by atoms with E-state index in [1.165, 1.54) is 16.7 Å². The number of piperidine rings is 1. The van der Waals surface area contributed by atoms with Crippen LogP contribution in [0.3, 0.4) is 0 Å². The summed E-state index contributed by atoms with van der Waals surface area (Å²) in [6.45, 7) is 1.61. The lowest BCUT2D eigenvalue weighted by Crippen LogP contribution is -2.53. The van der Waals surface area contributed by atoms with Crippen LogP contribution in [0, 0.1) is 0 Å². The van der Waals surface area contributed by atoms with Gasteiger partial charge >= 0.3 is 6.03 Å². The molecule has 170 valence electrons. The third-order valence-corrected chi connectivity index (χ3v) is 7.28. The minimum atomic E-state index is -0.453. The fraction of sp³-hybridized carbons (Fsp3) is 0.320. The number of nitrogens with two attached hydrogens (primary N) is 1. The molecule has 5 rings (SSSR count). The number of rotatable bonds is 3. The van der Waals surface area contributed by atoms with Gasteiger partial charge in [0.1, 0.15) is 0 Å². The highest BCUT2D eigenvalue weighted by atomic mass is 79.9. The average Bonchev–Trinajstić information content (AvgIpc) is 2.96. The molecule has 1 saturated heterocycles. The number of primary amides is 1. The third-order valence-electron chi connectivity index (χ3n) is 6.61. The predicted octanol–water partition coefficient (Wildman–Crippen LogP) is 5.13. The molecule has 2 atom stereocenters. The predicted molar refractivity (Wildman–Crippen MR) is 134 cm³/mol. The van der Waals surface area contributed by atoms with Crippen LogP contribution >= 0.6 is 27.5 Å². The van der Waals surface area contributed by atoms with Gasteiger partial charge in [0.25, 0.3) is 0 Å². The molecule has 3 heterocycles. The summed E-state index contributed by atoms with van der Waals surface area (Å²) in [5, 5.41) is 0.751. The molecular formula is C25H25BrClN5O. The quantitative estimate of drug-likeness (QED) is 0.513. The number of benzene rings is 1. The summed E-state index contributed by atoms with van der Waals surface area (Å²) < 4.78 is 0.983. The van der Waals surface area contributed by atoms with E-state index in [1.54, 1.807) is 17.3 Å². The second kappa shape index (κ2) is 9.41. The maximum atomic E-state index is 12.5. The Morgan fingerprint density at radius 1 is 1.18 bits per heavy atom. The van der Waals surface area contributed by atoms with E-state index in [0.717, 1.165) is 53.1 Å². The van der Waals surface area contributed by atoms with Crippen molar-refractivity contribution in [3.05, 3.63) is 86.9 Å². The Balaban J connectivity index is 1.55. The molecule has 2 N–H and O–H groups in total. The van der Waals surface area contributed by atoms with Crippen molar-refractivity contribution in [1.29, 1.82) is 0 Å². The van der Waals surface area contributed by atoms with Gasteiger partial charge in [-0.2, -0.15) is 0 Å². The van der Waals surface area contributed by atoms with Gasteiger partial charge in [0.2, 0.25) is 0 Å². The molecule has 8 heteroatoms. The second-order valence-corrected chi connectivity index (χ2v) is 10.0. The molecular weight excluding hydrogens is 502 g/mol. The summed E-state index contributed by atoms with van der Waals surface area (Å²) in [6, 6.07) is 11.6. The first-order valence-electron chi connectivity index (χ1n) is 11.2. The van der Waals surface area contributed by atoms with Crippen molar-refractivity contribution >= 4 is 39.2 Å². The number of hydrogen-bond acceptors (Lipinski definition) is 4. The van der Waals surface area contributed by atoms with Crippen molar-refractivity contribution in [1.82, 2.24) is 14.9 Å². The SMILES string of the molecule is NC(=O)N(c1cccnc1)C1CCCN(C2c3ccc(Cl)cc3CCc3cc(Br)cnc32)C1. The Labute approximate surface area is 206 Å². The zero-order valence-corrected chi connectivity index (χ0v) is 20.5. The number of hydrogen-bond donors (Lipinski definition) is 1. The first-order valence-corrected chi connectivity index (χ1v) is 12.3. The highest BCUT2D eigenvalue weighted by molar-refractivity contribution is 9.10. The van der Waals surface area contributed by atoms with Crippen molar-refractivity contribution in [2.24, 2.45) is 5.73 Å². The second-order valence-electron chi connectivity index (χ2n) is 8.65. The first kappa shape index (κ1) is 22.3. The molecule has 3 aromatic rings. The van der Waals surface area contributed by atoms with Gasteiger partial charge in [-0.1, -0.05) is 17.7 Å². The Hall–Kier alpha value is -2.48. The summed E-state index contributed by atoms with van der Waals surface area (Å²) in [4.78, 5) is 25.7. The van der Waals surface area contributed by atoms with Crippen LogP contribution < -0.4 is 10.6 Å². The van der Waals surface area contributed by atoms with Gasteiger partial charge in [-0.3, -0.25) is 19.8 Å². The van der Waals surface area contributed by atoms with Gasteiger partial charge in [-0.05, 0) is 95.2 Å². The molecule has 2 amide bonds. The number of likely N-dealkylation sites (tertiary alicyclic amines) is 1. The minimum Gasteiger partial charge on any atom is -0.351 e. The zero-order chi connectivity index (χ0) is 22.9. The van der Waals surface area contributed by atoms with Crippen LogP contribution in [0.4, 0.5) is 10.5 Å². The van der Waals surface area contributed by atoms with E-state index in [2.05, 4.69) is 44.0 Å². The fourth-order valence-electron chi connectivity index (χ4n) is 5.22. The maximum absolute atomic E-state index is 12.5. The third kappa shape index (κ3) is 4.50. The Kier molecular flexibility index (Phi) is 6.36. The summed E-state index contributed by atoms with van der Waals surface area (Å²) in [5.41, 5.74) is 11.4. The van der Waals surface area contributed by atoms with Crippen molar-refractivity contribution in [2.45, 2.75) is 37.8 Å². The van der Waals surface area contributed by atoms with Crippen molar-refractivity contribution < 1.29 is 4.79 Å². The van der Waals surface area contributed by atoms with Crippen LogP contribution in [0.2, 0.25) is 5.02 Å². The smallest absolute Gasteiger partial charge is 0.319 e. The molecule has 0 spiro atoms. The van der Waals surface area contributed by atoms with E-state index in [0.29, 0.717) is 6.54 Å². The largest absolute Gasteiger partial charge is 0.351 e. The molecule has 6 nitrogen and oxygen atoms in total. The van der Waals surface area contributed by atoms with E-state index in [-0.39, 0.29) is 12.1 Å². The van der Waals surface area contributed by atoms with Crippen LogP contribution in [0.15, 0.2) is 59.5 Å². The van der Waals surface area contributed by atoms with Crippen molar-refractivity contribution in [3.63, 3.8) is 0 Å².